The molecule has 5 heteroatoms. The van der Waals surface area contributed by atoms with Gasteiger partial charge in [0, 0.05) is 29.9 Å². The fraction of sp³-hybridized carbons (Fsp3) is 0.562. The van der Waals surface area contributed by atoms with Gasteiger partial charge in [-0.15, -0.1) is 0 Å². The smallest absolute Gasteiger partial charge is 0.138 e. The van der Waals surface area contributed by atoms with Crippen molar-refractivity contribution < 1.29 is 0 Å². The highest BCUT2D eigenvalue weighted by molar-refractivity contribution is 5.24. The molecule has 0 fully saturated rings. The second kappa shape index (κ2) is 6.80. The van der Waals surface area contributed by atoms with Crippen LogP contribution >= 0.6 is 0 Å². The zero-order valence-electron chi connectivity index (χ0n) is 13.6. The summed E-state index contributed by atoms with van der Waals surface area (Å²) in [6.07, 6.45) is 2.47. The Kier molecular flexibility index (Phi) is 5.07. The van der Waals surface area contributed by atoms with Gasteiger partial charge in [0.15, 0.2) is 0 Å². The number of nitrogens with zero attached hydrogens (tertiary/aromatic N) is 4. The van der Waals surface area contributed by atoms with E-state index in [9.17, 15) is 0 Å². The summed E-state index contributed by atoms with van der Waals surface area (Å²) in [6.45, 7) is 11.4. The molecule has 0 aliphatic carbocycles. The number of rotatable bonds is 6. The molecule has 0 amide bonds. The molecule has 0 bridgehead atoms. The second-order valence-corrected chi connectivity index (χ2v) is 5.71. The molecule has 1 atom stereocenters. The predicted molar refractivity (Wildman–Crippen MR) is 84.2 cm³/mol. The van der Waals surface area contributed by atoms with E-state index in [2.05, 4.69) is 53.3 Å². The van der Waals surface area contributed by atoms with Crippen molar-refractivity contribution in [3.8, 4) is 0 Å². The van der Waals surface area contributed by atoms with Crippen molar-refractivity contribution in [1.29, 1.82) is 0 Å². The van der Waals surface area contributed by atoms with Gasteiger partial charge in [-0.05, 0) is 51.9 Å². The molecule has 2 aromatic rings. The highest BCUT2D eigenvalue weighted by Gasteiger charge is 2.17. The van der Waals surface area contributed by atoms with E-state index < -0.39 is 0 Å². The Morgan fingerprint density at radius 1 is 1.19 bits per heavy atom. The summed E-state index contributed by atoms with van der Waals surface area (Å²) in [6, 6.07) is 4.86. The minimum Gasteiger partial charge on any atom is -0.310 e. The van der Waals surface area contributed by atoms with E-state index >= 15 is 0 Å². The number of aryl methyl sites for hydroxylation is 2. The number of pyridine rings is 1. The van der Waals surface area contributed by atoms with E-state index in [1.807, 2.05) is 18.5 Å². The lowest BCUT2D eigenvalue weighted by molar-refractivity contribution is 0.468. The standard InChI is InChI=1S/C16H25N5/c1-6-17-15(14-7-12(4)20-13(5)8-14)9-16-18-10-19-21(16)11(2)3/h7-8,10-11,15,17H,6,9H2,1-5H3. The lowest BCUT2D eigenvalue weighted by atomic mass is 10.0. The lowest BCUT2D eigenvalue weighted by Crippen LogP contribution is -2.25. The third-order valence-corrected chi connectivity index (χ3v) is 3.48. The minimum absolute atomic E-state index is 0.233. The van der Waals surface area contributed by atoms with Gasteiger partial charge in [0.1, 0.15) is 12.2 Å². The summed E-state index contributed by atoms with van der Waals surface area (Å²) in [5, 5.41) is 7.87. The van der Waals surface area contributed by atoms with Crippen LogP contribution in [0.4, 0.5) is 0 Å². The van der Waals surface area contributed by atoms with Crippen LogP contribution in [0, 0.1) is 13.8 Å². The first-order valence-electron chi connectivity index (χ1n) is 7.58. The normalized spacial score (nSPS) is 12.9. The van der Waals surface area contributed by atoms with E-state index in [-0.39, 0.29) is 6.04 Å². The summed E-state index contributed by atoms with van der Waals surface area (Å²) in [7, 11) is 0. The number of aromatic nitrogens is 4. The lowest BCUT2D eigenvalue weighted by Gasteiger charge is -2.20. The minimum atomic E-state index is 0.233. The van der Waals surface area contributed by atoms with Gasteiger partial charge in [0.05, 0.1) is 0 Å². The van der Waals surface area contributed by atoms with Gasteiger partial charge in [-0.2, -0.15) is 5.10 Å². The SMILES string of the molecule is CCNC(Cc1ncnn1C(C)C)c1cc(C)nc(C)c1. The van der Waals surface area contributed by atoms with Gasteiger partial charge in [-0.3, -0.25) is 4.98 Å². The topological polar surface area (TPSA) is 55.6 Å². The number of hydrogen-bond donors (Lipinski definition) is 1. The van der Waals surface area contributed by atoms with E-state index in [1.54, 1.807) is 6.33 Å². The van der Waals surface area contributed by atoms with Crippen molar-refractivity contribution in [3.05, 3.63) is 41.2 Å². The number of nitrogens with one attached hydrogen (secondary N) is 1. The maximum atomic E-state index is 4.46. The third kappa shape index (κ3) is 3.88. The van der Waals surface area contributed by atoms with Crippen molar-refractivity contribution >= 4 is 0 Å². The molecule has 0 spiro atoms. The van der Waals surface area contributed by atoms with Crippen LogP contribution in [0.15, 0.2) is 18.5 Å². The molecule has 0 aliphatic heterocycles. The van der Waals surface area contributed by atoms with E-state index in [4.69, 9.17) is 0 Å². The fourth-order valence-electron chi connectivity index (χ4n) is 2.66. The van der Waals surface area contributed by atoms with Crippen molar-refractivity contribution in [3.63, 3.8) is 0 Å². The van der Waals surface area contributed by atoms with Crippen LogP contribution in [-0.2, 0) is 6.42 Å². The average molecular weight is 287 g/mol. The van der Waals surface area contributed by atoms with Crippen LogP contribution in [0.1, 0.15) is 55.6 Å². The molecule has 21 heavy (non-hydrogen) atoms. The summed E-state index contributed by atoms with van der Waals surface area (Å²) in [5.74, 6) is 1.02. The Morgan fingerprint density at radius 3 is 2.43 bits per heavy atom. The van der Waals surface area contributed by atoms with E-state index in [1.165, 1.54) is 5.56 Å². The highest BCUT2D eigenvalue weighted by atomic mass is 15.3. The van der Waals surface area contributed by atoms with Crippen LogP contribution in [0.25, 0.3) is 0 Å². The predicted octanol–water partition coefficient (Wildman–Crippen LogP) is 2.76. The fourth-order valence-corrected chi connectivity index (χ4v) is 2.66. The first-order chi connectivity index (χ1) is 10.0. The summed E-state index contributed by atoms with van der Waals surface area (Å²) in [5.41, 5.74) is 3.37. The molecule has 0 saturated carbocycles. The molecular formula is C16H25N5. The molecule has 2 heterocycles. The summed E-state index contributed by atoms with van der Waals surface area (Å²) < 4.78 is 1.99. The van der Waals surface area contributed by atoms with Crippen molar-refractivity contribution in [2.24, 2.45) is 0 Å². The average Bonchev–Trinajstić information content (AvgIpc) is 2.85. The van der Waals surface area contributed by atoms with Gasteiger partial charge in [-0.1, -0.05) is 6.92 Å². The highest BCUT2D eigenvalue weighted by Crippen LogP contribution is 2.20. The maximum absolute atomic E-state index is 4.46. The molecule has 0 aromatic carbocycles. The Bertz CT molecular complexity index is 568. The Hall–Kier alpha value is -1.75. The maximum Gasteiger partial charge on any atom is 0.138 e. The van der Waals surface area contributed by atoms with Gasteiger partial charge >= 0.3 is 0 Å². The molecular weight excluding hydrogens is 262 g/mol. The molecule has 1 N–H and O–H groups in total. The molecule has 0 aliphatic rings. The van der Waals surface area contributed by atoms with E-state index in [0.717, 1.165) is 30.2 Å². The second-order valence-electron chi connectivity index (χ2n) is 5.71. The van der Waals surface area contributed by atoms with E-state index in [0.29, 0.717) is 6.04 Å². The molecule has 5 nitrogen and oxygen atoms in total. The third-order valence-electron chi connectivity index (χ3n) is 3.48. The van der Waals surface area contributed by atoms with Gasteiger partial charge in [0.2, 0.25) is 0 Å². The first-order valence-corrected chi connectivity index (χ1v) is 7.58. The van der Waals surface area contributed by atoms with Crippen LogP contribution in [0.5, 0.6) is 0 Å². The number of likely N-dealkylation sites (N-methyl/N-ethyl adjacent to an activating group) is 1. The Balaban J connectivity index is 2.28. The molecule has 2 aromatic heterocycles. The Morgan fingerprint density at radius 2 is 1.86 bits per heavy atom. The van der Waals surface area contributed by atoms with Gasteiger partial charge in [0.25, 0.3) is 0 Å². The zero-order valence-corrected chi connectivity index (χ0v) is 13.6. The molecule has 1 unspecified atom stereocenters. The van der Waals surface area contributed by atoms with Crippen LogP contribution in [-0.4, -0.2) is 26.3 Å². The van der Waals surface area contributed by atoms with Crippen molar-refractivity contribution in [2.75, 3.05) is 6.54 Å². The first kappa shape index (κ1) is 15.6. The largest absolute Gasteiger partial charge is 0.310 e. The van der Waals surface area contributed by atoms with Crippen molar-refractivity contribution in [2.45, 2.75) is 53.1 Å². The zero-order chi connectivity index (χ0) is 15.4. The monoisotopic (exact) mass is 287 g/mol. The van der Waals surface area contributed by atoms with Gasteiger partial charge < -0.3 is 5.32 Å². The molecule has 0 radical (unpaired) electrons. The quantitative estimate of drug-likeness (QED) is 0.887. The molecule has 2 rings (SSSR count). The van der Waals surface area contributed by atoms with Gasteiger partial charge in [-0.25, -0.2) is 9.67 Å². The number of hydrogen-bond acceptors (Lipinski definition) is 4. The molecule has 0 saturated heterocycles. The van der Waals surface area contributed by atoms with Crippen LogP contribution < -0.4 is 5.32 Å². The van der Waals surface area contributed by atoms with Crippen LogP contribution in [0.3, 0.4) is 0 Å². The van der Waals surface area contributed by atoms with Crippen molar-refractivity contribution in [1.82, 2.24) is 25.1 Å². The Labute approximate surface area is 126 Å². The van der Waals surface area contributed by atoms with Crippen LogP contribution in [0.2, 0.25) is 0 Å². The summed E-state index contributed by atoms with van der Waals surface area (Å²) in [4.78, 5) is 8.88. The summed E-state index contributed by atoms with van der Waals surface area (Å²) >= 11 is 0. The molecule has 114 valence electrons.